The van der Waals surface area contributed by atoms with Crippen molar-refractivity contribution in [2.24, 2.45) is 7.05 Å². The van der Waals surface area contributed by atoms with Gasteiger partial charge in [0.1, 0.15) is 10.6 Å². The summed E-state index contributed by atoms with van der Waals surface area (Å²) in [5.41, 5.74) is 1.57. The van der Waals surface area contributed by atoms with Crippen LogP contribution >= 0.6 is 23.1 Å². The molecule has 1 aliphatic carbocycles. The van der Waals surface area contributed by atoms with Gasteiger partial charge in [-0.15, -0.1) is 11.3 Å². The minimum absolute atomic E-state index is 0.0432. The Labute approximate surface area is 158 Å². The van der Waals surface area contributed by atoms with Gasteiger partial charge in [-0.05, 0) is 56.0 Å². The number of Topliss-reactive ketones (excluding diaryl/α,β-unsaturated/α-hetero) is 1. The van der Waals surface area contributed by atoms with Crippen LogP contribution < -0.4 is 5.56 Å². The SMILES string of the molecule is C[C@@H](Sc1nc2sc3c(c2c(=O)n1C)CCC3)C(=O)c1ccc(F)cc1. The number of rotatable bonds is 4. The van der Waals surface area contributed by atoms with Crippen molar-refractivity contribution in [1.82, 2.24) is 9.55 Å². The lowest BCUT2D eigenvalue weighted by Crippen LogP contribution is -2.22. The van der Waals surface area contributed by atoms with Crippen LogP contribution in [0, 0.1) is 5.82 Å². The molecule has 0 N–H and O–H groups in total. The Morgan fingerprint density at radius 1 is 1.31 bits per heavy atom. The van der Waals surface area contributed by atoms with Crippen molar-refractivity contribution in [3.8, 4) is 0 Å². The van der Waals surface area contributed by atoms with E-state index in [9.17, 15) is 14.0 Å². The van der Waals surface area contributed by atoms with Crippen LogP contribution in [0.3, 0.4) is 0 Å². The van der Waals surface area contributed by atoms with Crippen LogP contribution in [0.4, 0.5) is 4.39 Å². The maximum Gasteiger partial charge on any atom is 0.262 e. The second kappa shape index (κ2) is 6.63. The number of aryl methyl sites for hydroxylation is 2. The molecular formula is C19H17FN2O2S2. The molecule has 0 unspecified atom stereocenters. The summed E-state index contributed by atoms with van der Waals surface area (Å²) in [4.78, 5) is 32.1. The lowest BCUT2D eigenvalue weighted by molar-refractivity contribution is 0.0994. The van der Waals surface area contributed by atoms with Crippen molar-refractivity contribution in [3.63, 3.8) is 0 Å². The zero-order chi connectivity index (χ0) is 18.4. The summed E-state index contributed by atoms with van der Waals surface area (Å²) < 4.78 is 14.6. The molecule has 3 aromatic rings. The first-order valence-electron chi connectivity index (χ1n) is 8.43. The lowest BCUT2D eigenvalue weighted by Gasteiger charge is -2.12. The number of halogens is 1. The Bertz CT molecular complexity index is 1070. The number of aromatic nitrogens is 2. The Balaban J connectivity index is 1.66. The Kier molecular flexibility index (Phi) is 4.44. The number of ketones is 1. The molecule has 134 valence electrons. The predicted molar refractivity (Wildman–Crippen MR) is 103 cm³/mol. The van der Waals surface area contributed by atoms with Gasteiger partial charge in [-0.1, -0.05) is 11.8 Å². The molecule has 7 heteroatoms. The first-order valence-corrected chi connectivity index (χ1v) is 10.1. The minimum atomic E-state index is -0.428. The van der Waals surface area contributed by atoms with Crippen molar-refractivity contribution in [2.45, 2.75) is 36.6 Å². The number of nitrogens with zero attached hydrogens (tertiary/aromatic N) is 2. The van der Waals surface area contributed by atoms with Gasteiger partial charge >= 0.3 is 0 Å². The number of fused-ring (bicyclic) bond motifs is 3. The standard InChI is InChI=1S/C19H17FN2O2S2/c1-10(16(23)11-6-8-12(20)9-7-11)25-19-21-17-15(18(24)22(19)2)13-4-3-5-14(13)26-17/h6-10H,3-5H2,1-2H3/t10-/m1/s1. The zero-order valence-corrected chi connectivity index (χ0v) is 16.0. The average Bonchev–Trinajstić information content (AvgIpc) is 3.20. The van der Waals surface area contributed by atoms with Gasteiger partial charge in [0.25, 0.3) is 5.56 Å². The molecule has 0 amide bonds. The quantitative estimate of drug-likeness (QED) is 0.385. The Hall–Kier alpha value is -1.99. The van der Waals surface area contributed by atoms with Gasteiger partial charge in [0.15, 0.2) is 10.9 Å². The fourth-order valence-electron chi connectivity index (χ4n) is 3.27. The van der Waals surface area contributed by atoms with Crippen LogP contribution in [0.5, 0.6) is 0 Å². The first kappa shape index (κ1) is 17.4. The van der Waals surface area contributed by atoms with Crippen LogP contribution in [0.15, 0.2) is 34.2 Å². The molecule has 1 atom stereocenters. The zero-order valence-electron chi connectivity index (χ0n) is 14.4. The minimum Gasteiger partial charge on any atom is -0.293 e. The normalized spacial score (nSPS) is 14.6. The molecule has 0 aliphatic heterocycles. The summed E-state index contributed by atoms with van der Waals surface area (Å²) >= 11 is 2.85. The van der Waals surface area contributed by atoms with Crippen molar-refractivity contribution < 1.29 is 9.18 Å². The molecule has 26 heavy (non-hydrogen) atoms. The van der Waals surface area contributed by atoms with E-state index in [1.54, 1.807) is 25.3 Å². The number of thiophene rings is 1. The smallest absolute Gasteiger partial charge is 0.262 e. The van der Waals surface area contributed by atoms with E-state index < -0.39 is 5.25 Å². The third-order valence-corrected chi connectivity index (χ3v) is 7.01. The van der Waals surface area contributed by atoms with Crippen LogP contribution in [0.25, 0.3) is 10.2 Å². The third-order valence-electron chi connectivity index (χ3n) is 4.69. The first-order chi connectivity index (χ1) is 12.5. The van der Waals surface area contributed by atoms with Gasteiger partial charge in [0.05, 0.1) is 10.6 Å². The third kappa shape index (κ3) is 2.89. The summed E-state index contributed by atoms with van der Waals surface area (Å²) in [6.45, 7) is 1.78. The van der Waals surface area contributed by atoms with E-state index in [4.69, 9.17) is 0 Å². The van der Waals surface area contributed by atoms with E-state index in [1.807, 2.05) is 0 Å². The topological polar surface area (TPSA) is 52.0 Å². The van der Waals surface area contributed by atoms with Gasteiger partial charge in [-0.3, -0.25) is 14.2 Å². The van der Waals surface area contributed by atoms with Crippen molar-refractivity contribution in [3.05, 3.63) is 56.4 Å². The van der Waals surface area contributed by atoms with Crippen molar-refractivity contribution >= 4 is 39.1 Å². The highest BCUT2D eigenvalue weighted by Crippen LogP contribution is 2.36. The molecular weight excluding hydrogens is 371 g/mol. The number of hydrogen-bond donors (Lipinski definition) is 0. The molecule has 0 fully saturated rings. The van der Waals surface area contributed by atoms with E-state index in [0.717, 1.165) is 35.0 Å². The summed E-state index contributed by atoms with van der Waals surface area (Å²) in [7, 11) is 1.70. The molecule has 1 aliphatic rings. The van der Waals surface area contributed by atoms with Crippen LogP contribution in [0.1, 0.15) is 34.1 Å². The number of thioether (sulfide) groups is 1. The van der Waals surface area contributed by atoms with E-state index >= 15 is 0 Å². The van der Waals surface area contributed by atoms with E-state index in [1.165, 1.54) is 45.5 Å². The molecule has 0 radical (unpaired) electrons. The summed E-state index contributed by atoms with van der Waals surface area (Å²) in [6.07, 6.45) is 3.06. The fourth-order valence-corrected chi connectivity index (χ4v) is 5.53. The summed E-state index contributed by atoms with van der Waals surface area (Å²) in [5, 5.41) is 0.847. The fraction of sp³-hybridized carbons (Fsp3) is 0.316. The molecule has 2 aromatic heterocycles. The van der Waals surface area contributed by atoms with Crippen LogP contribution in [-0.4, -0.2) is 20.6 Å². The van der Waals surface area contributed by atoms with Crippen LogP contribution in [0.2, 0.25) is 0 Å². The molecule has 2 heterocycles. The number of carbonyl (C=O) groups is 1. The molecule has 0 saturated heterocycles. The Morgan fingerprint density at radius 3 is 2.77 bits per heavy atom. The van der Waals surface area contributed by atoms with E-state index in [2.05, 4.69) is 4.98 Å². The van der Waals surface area contributed by atoms with Crippen molar-refractivity contribution in [1.29, 1.82) is 0 Å². The van der Waals surface area contributed by atoms with Crippen LogP contribution in [-0.2, 0) is 19.9 Å². The average molecular weight is 388 g/mol. The van der Waals surface area contributed by atoms with Gasteiger partial charge < -0.3 is 0 Å². The molecule has 0 spiro atoms. The van der Waals surface area contributed by atoms with Gasteiger partial charge in [0.2, 0.25) is 0 Å². The van der Waals surface area contributed by atoms with Crippen molar-refractivity contribution in [2.75, 3.05) is 0 Å². The molecule has 4 nitrogen and oxygen atoms in total. The molecule has 4 rings (SSSR count). The molecule has 0 bridgehead atoms. The van der Waals surface area contributed by atoms with Gasteiger partial charge in [-0.2, -0.15) is 0 Å². The largest absolute Gasteiger partial charge is 0.293 e. The number of carbonyl (C=O) groups excluding carboxylic acids is 1. The summed E-state index contributed by atoms with van der Waals surface area (Å²) in [6, 6.07) is 5.51. The lowest BCUT2D eigenvalue weighted by atomic mass is 10.1. The second-order valence-corrected chi connectivity index (χ2v) is 8.82. The maximum atomic E-state index is 13.0. The monoisotopic (exact) mass is 388 g/mol. The van der Waals surface area contributed by atoms with E-state index in [0.29, 0.717) is 10.7 Å². The summed E-state index contributed by atoms with van der Waals surface area (Å²) in [5.74, 6) is -0.486. The maximum absolute atomic E-state index is 13.0. The highest BCUT2D eigenvalue weighted by molar-refractivity contribution is 8.00. The second-order valence-electron chi connectivity index (χ2n) is 6.43. The highest BCUT2D eigenvalue weighted by Gasteiger charge is 2.24. The molecule has 0 saturated carbocycles. The Morgan fingerprint density at radius 2 is 2.04 bits per heavy atom. The van der Waals surface area contributed by atoms with Gasteiger partial charge in [-0.25, -0.2) is 9.37 Å². The van der Waals surface area contributed by atoms with E-state index in [-0.39, 0.29) is 17.2 Å². The highest BCUT2D eigenvalue weighted by atomic mass is 32.2. The number of benzene rings is 1. The van der Waals surface area contributed by atoms with Gasteiger partial charge in [0, 0.05) is 17.5 Å². The number of hydrogen-bond acceptors (Lipinski definition) is 5. The molecule has 1 aromatic carbocycles. The predicted octanol–water partition coefficient (Wildman–Crippen LogP) is 3.99.